The molecule has 0 spiro atoms. The number of hydrogen-bond acceptors (Lipinski definition) is 5. The molecular weight excluding hydrogens is 410 g/mol. The number of carbonyl (C=O) groups is 1. The molecule has 6 heteroatoms. The van der Waals surface area contributed by atoms with Crippen LogP contribution in [0.4, 0.5) is 0 Å². The molecule has 5 nitrogen and oxygen atoms in total. The number of hydrogen-bond donors (Lipinski definition) is 0. The molecule has 0 saturated heterocycles. The first-order chi connectivity index (χ1) is 13.0. The molecule has 0 atom stereocenters. The van der Waals surface area contributed by atoms with Crippen molar-refractivity contribution in [3.05, 3.63) is 75.9 Å². The van der Waals surface area contributed by atoms with Crippen LogP contribution in [0.5, 0.6) is 11.5 Å². The fraction of sp³-hybridized carbons (Fsp3) is 0.143. The minimum atomic E-state index is -0.493. The van der Waals surface area contributed by atoms with Crippen LogP contribution in [0.2, 0.25) is 0 Å². The summed E-state index contributed by atoms with van der Waals surface area (Å²) in [4.78, 5) is 16.5. The molecule has 2 aromatic carbocycles. The molecule has 2 aromatic rings. The largest absolute Gasteiger partial charge is 0.493 e. The van der Waals surface area contributed by atoms with Crippen LogP contribution in [0.3, 0.4) is 0 Å². The normalized spacial score (nSPS) is 14.7. The van der Waals surface area contributed by atoms with Crippen molar-refractivity contribution in [2.24, 2.45) is 4.99 Å². The van der Waals surface area contributed by atoms with E-state index in [-0.39, 0.29) is 5.70 Å². The third-order valence-corrected chi connectivity index (χ3v) is 4.41. The maximum absolute atomic E-state index is 12.2. The van der Waals surface area contributed by atoms with Crippen LogP contribution in [-0.4, -0.2) is 25.6 Å². The Balaban J connectivity index is 1.93. The SMILES string of the molecule is C=CCOc1c(Br)cc(/C=C2/N=C(c3ccc(C)cc3)OC2=O)cc1OC. The van der Waals surface area contributed by atoms with E-state index in [0.717, 1.165) is 16.7 Å². The zero-order chi connectivity index (χ0) is 19.4. The van der Waals surface area contributed by atoms with Crippen LogP contribution in [0.15, 0.2) is 64.2 Å². The van der Waals surface area contributed by atoms with E-state index in [4.69, 9.17) is 14.2 Å². The summed E-state index contributed by atoms with van der Waals surface area (Å²) in [6.07, 6.45) is 3.30. The molecule has 0 bridgehead atoms. The first kappa shape index (κ1) is 18.9. The lowest BCUT2D eigenvalue weighted by Gasteiger charge is -2.12. The van der Waals surface area contributed by atoms with Gasteiger partial charge >= 0.3 is 5.97 Å². The molecule has 27 heavy (non-hydrogen) atoms. The Bertz CT molecular complexity index is 945. The number of benzene rings is 2. The van der Waals surface area contributed by atoms with Crippen LogP contribution in [0.1, 0.15) is 16.7 Å². The Morgan fingerprint density at radius 2 is 2.00 bits per heavy atom. The van der Waals surface area contributed by atoms with Gasteiger partial charge in [0.1, 0.15) is 6.61 Å². The number of cyclic esters (lactones) is 1. The minimum absolute atomic E-state index is 0.222. The highest BCUT2D eigenvalue weighted by molar-refractivity contribution is 9.10. The minimum Gasteiger partial charge on any atom is -0.493 e. The van der Waals surface area contributed by atoms with Gasteiger partial charge < -0.3 is 14.2 Å². The highest BCUT2D eigenvalue weighted by atomic mass is 79.9. The second kappa shape index (κ2) is 8.22. The molecule has 3 rings (SSSR count). The molecular formula is C21H18BrNO4. The van der Waals surface area contributed by atoms with E-state index in [1.165, 1.54) is 0 Å². The van der Waals surface area contributed by atoms with Gasteiger partial charge in [-0.1, -0.05) is 30.4 Å². The first-order valence-corrected chi connectivity index (χ1v) is 9.02. The first-order valence-electron chi connectivity index (χ1n) is 8.22. The summed E-state index contributed by atoms with van der Waals surface area (Å²) in [6.45, 7) is 5.98. The Morgan fingerprint density at radius 3 is 2.67 bits per heavy atom. The lowest BCUT2D eigenvalue weighted by atomic mass is 10.1. The van der Waals surface area contributed by atoms with Crippen LogP contribution in [0.25, 0.3) is 6.08 Å². The summed E-state index contributed by atoms with van der Waals surface area (Å²) in [5, 5.41) is 0. The molecule has 0 aromatic heterocycles. The van der Waals surface area contributed by atoms with Gasteiger partial charge in [0.2, 0.25) is 5.90 Å². The second-order valence-corrected chi connectivity index (χ2v) is 6.69. The summed E-state index contributed by atoms with van der Waals surface area (Å²) in [5.74, 6) is 0.903. The second-order valence-electron chi connectivity index (χ2n) is 5.84. The quantitative estimate of drug-likeness (QED) is 0.381. The average molecular weight is 428 g/mol. The van der Waals surface area contributed by atoms with Gasteiger partial charge in [-0.15, -0.1) is 0 Å². The van der Waals surface area contributed by atoms with E-state index in [0.29, 0.717) is 28.5 Å². The Hall–Kier alpha value is -2.86. The summed E-state index contributed by atoms with van der Waals surface area (Å²) in [7, 11) is 1.55. The number of methoxy groups -OCH3 is 1. The van der Waals surface area contributed by atoms with Crippen molar-refractivity contribution in [3.8, 4) is 11.5 Å². The molecule has 1 aliphatic heterocycles. The van der Waals surface area contributed by atoms with E-state index in [2.05, 4.69) is 27.5 Å². The van der Waals surface area contributed by atoms with E-state index >= 15 is 0 Å². The van der Waals surface area contributed by atoms with Gasteiger partial charge in [-0.3, -0.25) is 0 Å². The number of nitrogens with zero attached hydrogens (tertiary/aromatic N) is 1. The number of rotatable bonds is 6. The van der Waals surface area contributed by atoms with E-state index < -0.39 is 5.97 Å². The smallest absolute Gasteiger partial charge is 0.363 e. The molecule has 0 unspecified atom stereocenters. The highest BCUT2D eigenvalue weighted by Crippen LogP contribution is 2.37. The molecule has 0 amide bonds. The van der Waals surface area contributed by atoms with Crippen molar-refractivity contribution in [1.29, 1.82) is 0 Å². The van der Waals surface area contributed by atoms with Gasteiger partial charge in [0.15, 0.2) is 17.2 Å². The third kappa shape index (κ3) is 4.28. The van der Waals surface area contributed by atoms with Gasteiger partial charge in [-0.25, -0.2) is 9.79 Å². The summed E-state index contributed by atoms with van der Waals surface area (Å²) >= 11 is 3.47. The third-order valence-electron chi connectivity index (χ3n) is 3.82. The number of aliphatic imine (C=N–C) groups is 1. The monoisotopic (exact) mass is 427 g/mol. The van der Waals surface area contributed by atoms with Gasteiger partial charge in [-0.2, -0.15) is 0 Å². The maximum atomic E-state index is 12.2. The van der Waals surface area contributed by atoms with Crippen molar-refractivity contribution in [2.75, 3.05) is 13.7 Å². The number of carbonyl (C=O) groups excluding carboxylic acids is 1. The summed E-state index contributed by atoms with van der Waals surface area (Å²) in [5.41, 5.74) is 2.82. The molecule has 0 N–H and O–H groups in total. The van der Waals surface area contributed by atoms with E-state index in [9.17, 15) is 4.79 Å². The molecule has 0 radical (unpaired) electrons. The Morgan fingerprint density at radius 1 is 1.26 bits per heavy atom. The summed E-state index contributed by atoms with van der Waals surface area (Å²) < 4.78 is 17.0. The average Bonchev–Trinajstić information content (AvgIpc) is 3.01. The van der Waals surface area contributed by atoms with Crippen LogP contribution >= 0.6 is 15.9 Å². The Kier molecular flexibility index (Phi) is 5.76. The number of aryl methyl sites for hydroxylation is 1. The van der Waals surface area contributed by atoms with Crippen molar-refractivity contribution in [3.63, 3.8) is 0 Å². The van der Waals surface area contributed by atoms with E-state index in [1.54, 1.807) is 25.3 Å². The van der Waals surface area contributed by atoms with Crippen molar-refractivity contribution < 1.29 is 19.0 Å². The van der Waals surface area contributed by atoms with Gasteiger partial charge in [-0.05, 0) is 58.8 Å². The van der Waals surface area contributed by atoms with E-state index in [1.807, 2.05) is 37.3 Å². The predicted molar refractivity (Wildman–Crippen MR) is 108 cm³/mol. The standard InChI is InChI=1S/C21H18BrNO4/c1-4-9-26-19-16(22)10-14(12-18(19)25-3)11-17-21(24)27-20(23-17)15-7-5-13(2)6-8-15/h4-8,10-12H,1,9H2,2-3H3/b17-11+. The van der Waals surface area contributed by atoms with Gasteiger partial charge in [0, 0.05) is 5.56 Å². The number of ether oxygens (including phenoxy) is 3. The predicted octanol–water partition coefficient (Wildman–Crippen LogP) is 4.68. The molecule has 0 saturated carbocycles. The molecule has 0 aliphatic carbocycles. The molecule has 1 aliphatic rings. The fourth-order valence-electron chi connectivity index (χ4n) is 2.49. The molecule has 1 heterocycles. The summed E-state index contributed by atoms with van der Waals surface area (Å²) in [6, 6.07) is 11.2. The Labute approximate surface area is 166 Å². The van der Waals surface area contributed by atoms with Crippen molar-refractivity contribution in [2.45, 2.75) is 6.92 Å². The molecule has 138 valence electrons. The van der Waals surface area contributed by atoms with Crippen LogP contribution in [-0.2, 0) is 9.53 Å². The topological polar surface area (TPSA) is 57.1 Å². The van der Waals surface area contributed by atoms with Gasteiger partial charge in [0.05, 0.1) is 11.6 Å². The van der Waals surface area contributed by atoms with Crippen LogP contribution in [0, 0.1) is 6.92 Å². The maximum Gasteiger partial charge on any atom is 0.363 e. The number of esters is 1. The van der Waals surface area contributed by atoms with Crippen LogP contribution < -0.4 is 9.47 Å². The highest BCUT2D eigenvalue weighted by Gasteiger charge is 2.24. The zero-order valence-electron chi connectivity index (χ0n) is 15.0. The zero-order valence-corrected chi connectivity index (χ0v) is 16.6. The lowest BCUT2D eigenvalue weighted by molar-refractivity contribution is -0.129. The number of halogens is 1. The van der Waals surface area contributed by atoms with Crippen molar-refractivity contribution >= 4 is 33.9 Å². The fourth-order valence-corrected chi connectivity index (χ4v) is 3.07. The molecule has 0 fully saturated rings. The lowest BCUT2D eigenvalue weighted by Crippen LogP contribution is -2.05. The van der Waals surface area contributed by atoms with Gasteiger partial charge in [0.25, 0.3) is 0 Å². The van der Waals surface area contributed by atoms with Crippen molar-refractivity contribution in [1.82, 2.24) is 0 Å².